The first-order valence-electron chi connectivity index (χ1n) is 7.90. The number of hydrogen-bond acceptors (Lipinski definition) is 5. The second-order valence-corrected chi connectivity index (χ2v) is 6.22. The number of nitrogens with zero attached hydrogens (tertiary/aromatic N) is 4. The third kappa shape index (κ3) is 2.39. The van der Waals surface area contributed by atoms with Gasteiger partial charge in [0.25, 0.3) is 5.56 Å². The Morgan fingerprint density at radius 1 is 1.29 bits per heavy atom. The molecule has 1 saturated heterocycles. The van der Waals surface area contributed by atoms with Gasteiger partial charge in [-0.1, -0.05) is 0 Å². The summed E-state index contributed by atoms with van der Waals surface area (Å²) >= 11 is 0. The normalized spacial score (nSPS) is 21.7. The number of rotatable bonds is 2. The minimum atomic E-state index is -0.313. The van der Waals surface area contributed by atoms with Crippen LogP contribution in [-0.4, -0.2) is 50.3 Å². The van der Waals surface area contributed by atoms with Gasteiger partial charge in [-0.3, -0.25) is 14.0 Å². The first-order valence-corrected chi connectivity index (χ1v) is 7.90. The van der Waals surface area contributed by atoms with E-state index in [0.29, 0.717) is 24.2 Å². The maximum Gasteiger partial charge on any atom is 0.291 e. The van der Waals surface area contributed by atoms with Crippen molar-refractivity contribution in [2.75, 3.05) is 13.1 Å². The first kappa shape index (κ1) is 14.9. The highest BCUT2D eigenvalue weighted by molar-refractivity contribution is 5.82. The molecular formula is C16H18N4O4. The van der Waals surface area contributed by atoms with E-state index >= 15 is 0 Å². The molecule has 0 aliphatic carbocycles. The van der Waals surface area contributed by atoms with Crippen molar-refractivity contribution in [3.63, 3.8) is 0 Å². The molecular weight excluding hydrogens is 312 g/mol. The van der Waals surface area contributed by atoms with E-state index < -0.39 is 0 Å². The van der Waals surface area contributed by atoms with E-state index in [-0.39, 0.29) is 30.2 Å². The van der Waals surface area contributed by atoms with E-state index in [1.54, 1.807) is 27.7 Å². The molecule has 0 saturated carbocycles. The van der Waals surface area contributed by atoms with Crippen LogP contribution in [0.2, 0.25) is 0 Å². The van der Waals surface area contributed by atoms with Crippen LogP contribution in [-0.2, 0) is 16.1 Å². The van der Waals surface area contributed by atoms with Crippen LogP contribution in [0.5, 0.6) is 0 Å². The molecule has 0 spiro atoms. The van der Waals surface area contributed by atoms with Gasteiger partial charge in [-0.2, -0.15) is 5.10 Å². The number of hydrogen-bond donors (Lipinski definition) is 0. The van der Waals surface area contributed by atoms with Crippen LogP contribution in [0.4, 0.5) is 0 Å². The lowest BCUT2D eigenvalue weighted by molar-refractivity contribution is -0.144. The molecule has 4 rings (SSSR count). The lowest BCUT2D eigenvalue weighted by Gasteiger charge is -2.35. The van der Waals surface area contributed by atoms with Gasteiger partial charge in [0, 0.05) is 25.2 Å². The fourth-order valence-electron chi connectivity index (χ4n) is 3.25. The first-order chi connectivity index (χ1) is 11.5. The van der Waals surface area contributed by atoms with Crippen molar-refractivity contribution in [1.29, 1.82) is 0 Å². The minimum absolute atomic E-state index is 0.0117. The van der Waals surface area contributed by atoms with Crippen LogP contribution in [0.25, 0.3) is 16.6 Å². The van der Waals surface area contributed by atoms with E-state index in [1.165, 1.54) is 11.0 Å². The number of amides is 1. The summed E-state index contributed by atoms with van der Waals surface area (Å²) in [6.07, 6.45) is 3.07. The van der Waals surface area contributed by atoms with Gasteiger partial charge in [-0.15, -0.1) is 0 Å². The van der Waals surface area contributed by atoms with Gasteiger partial charge in [0.05, 0.1) is 24.0 Å². The number of carbonyl (C=O) groups is 1. The standard InChI is InChI=1S/C16H18N4O4/c1-10-6-18(7-11(2)24-10)15(21)8-20-16(22)13-5-14-12(3-4-23-14)19(13)9-17-20/h3-5,9-11H,6-8H2,1-2H3. The van der Waals surface area contributed by atoms with Crippen molar-refractivity contribution in [2.24, 2.45) is 0 Å². The average molecular weight is 330 g/mol. The number of fused-ring (bicyclic) bond motifs is 3. The molecule has 3 aromatic rings. The van der Waals surface area contributed by atoms with Crippen molar-refractivity contribution in [1.82, 2.24) is 19.1 Å². The van der Waals surface area contributed by atoms with E-state index in [9.17, 15) is 9.59 Å². The molecule has 8 nitrogen and oxygen atoms in total. The second kappa shape index (κ2) is 5.48. The Bertz CT molecular complexity index is 959. The molecule has 126 valence electrons. The number of aromatic nitrogens is 3. The van der Waals surface area contributed by atoms with Crippen LogP contribution in [0.1, 0.15) is 13.8 Å². The molecule has 24 heavy (non-hydrogen) atoms. The van der Waals surface area contributed by atoms with E-state index in [1.807, 2.05) is 13.8 Å². The minimum Gasteiger partial charge on any atom is -0.463 e. The van der Waals surface area contributed by atoms with Crippen molar-refractivity contribution >= 4 is 22.5 Å². The molecule has 0 radical (unpaired) electrons. The van der Waals surface area contributed by atoms with E-state index in [2.05, 4.69) is 5.10 Å². The molecule has 0 aromatic carbocycles. The summed E-state index contributed by atoms with van der Waals surface area (Å²) in [5.74, 6) is -0.133. The third-order valence-corrected chi connectivity index (χ3v) is 4.28. The highest BCUT2D eigenvalue weighted by atomic mass is 16.5. The fourth-order valence-corrected chi connectivity index (χ4v) is 3.25. The SMILES string of the molecule is CC1CN(C(=O)Cn2ncn3c(cc4occc43)c2=O)CC(C)O1. The summed E-state index contributed by atoms with van der Waals surface area (Å²) in [5.41, 5.74) is 1.53. The van der Waals surface area contributed by atoms with Crippen LogP contribution in [0.3, 0.4) is 0 Å². The predicted octanol–water partition coefficient (Wildman–Crippen LogP) is 0.878. The molecule has 0 N–H and O–H groups in total. The molecule has 8 heteroatoms. The lowest BCUT2D eigenvalue weighted by Crippen LogP contribution is -2.49. The summed E-state index contributed by atoms with van der Waals surface area (Å²) in [5, 5.41) is 4.13. The Morgan fingerprint density at radius 3 is 2.79 bits per heavy atom. The van der Waals surface area contributed by atoms with Gasteiger partial charge in [0.15, 0.2) is 5.58 Å². The molecule has 4 heterocycles. The van der Waals surface area contributed by atoms with E-state index in [0.717, 1.165) is 5.52 Å². The number of carbonyl (C=O) groups excluding carboxylic acids is 1. The smallest absolute Gasteiger partial charge is 0.291 e. The van der Waals surface area contributed by atoms with Gasteiger partial charge in [-0.25, -0.2) is 4.68 Å². The van der Waals surface area contributed by atoms with Gasteiger partial charge in [0.2, 0.25) is 5.91 Å². The Labute approximate surface area is 137 Å². The summed E-state index contributed by atoms with van der Waals surface area (Å²) < 4.78 is 13.8. The molecule has 0 bridgehead atoms. The van der Waals surface area contributed by atoms with Crippen molar-refractivity contribution < 1.29 is 13.9 Å². The van der Waals surface area contributed by atoms with Crippen molar-refractivity contribution in [3.05, 3.63) is 35.1 Å². The Hall–Kier alpha value is -2.61. The summed E-state index contributed by atoms with van der Waals surface area (Å²) in [7, 11) is 0. The van der Waals surface area contributed by atoms with Crippen LogP contribution >= 0.6 is 0 Å². The summed E-state index contributed by atoms with van der Waals surface area (Å²) in [6, 6.07) is 3.44. The van der Waals surface area contributed by atoms with Crippen molar-refractivity contribution in [2.45, 2.75) is 32.6 Å². The Kier molecular flexibility index (Phi) is 3.42. The van der Waals surface area contributed by atoms with Gasteiger partial charge in [0.1, 0.15) is 18.4 Å². The highest BCUT2D eigenvalue weighted by Crippen LogP contribution is 2.18. The highest BCUT2D eigenvalue weighted by Gasteiger charge is 2.26. The monoisotopic (exact) mass is 330 g/mol. The summed E-state index contributed by atoms with van der Waals surface area (Å²) in [6.45, 7) is 4.84. The predicted molar refractivity (Wildman–Crippen MR) is 85.8 cm³/mol. The number of ether oxygens (including phenoxy) is 1. The zero-order valence-corrected chi connectivity index (χ0v) is 13.5. The second-order valence-electron chi connectivity index (χ2n) is 6.22. The molecule has 3 aromatic heterocycles. The number of furan rings is 1. The zero-order chi connectivity index (χ0) is 16.8. The van der Waals surface area contributed by atoms with Gasteiger partial charge in [-0.05, 0) is 13.8 Å². The molecule has 1 aliphatic heterocycles. The quantitative estimate of drug-likeness (QED) is 0.696. The lowest BCUT2D eigenvalue weighted by atomic mass is 10.2. The maximum absolute atomic E-state index is 12.6. The molecule has 1 amide bonds. The fraction of sp³-hybridized carbons (Fsp3) is 0.438. The van der Waals surface area contributed by atoms with Crippen LogP contribution < -0.4 is 5.56 Å². The Morgan fingerprint density at radius 2 is 2.04 bits per heavy atom. The van der Waals surface area contributed by atoms with Crippen LogP contribution in [0.15, 0.2) is 33.9 Å². The van der Waals surface area contributed by atoms with Crippen LogP contribution in [0, 0.1) is 0 Å². The molecule has 1 aliphatic rings. The van der Waals surface area contributed by atoms with Crippen molar-refractivity contribution in [3.8, 4) is 0 Å². The Balaban J connectivity index is 1.63. The van der Waals surface area contributed by atoms with Gasteiger partial charge >= 0.3 is 0 Å². The molecule has 1 fully saturated rings. The van der Waals surface area contributed by atoms with Gasteiger partial charge < -0.3 is 14.1 Å². The average Bonchev–Trinajstić information content (AvgIpc) is 3.10. The zero-order valence-electron chi connectivity index (χ0n) is 13.5. The molecule has 2 unspecified atom stereocenters. The topological polar surface area (TPSA) is 82.0 Å². The maximum atomic E-state index is 12.6. The third-order valence-electron chi connectivity index (χ3n) is 4.28. The molecule has 2 atom stereocenters. The summed E-state index contributed by atoms with van der Waals surface area (Å²) in [4.78, 5) is 26.8. The largest absolute Gasteiger partial charge is 0.463 e. The van der Waals surface area contributed by atoms with E-state index in [4.69, 9.17) is 9.15 Å². The number of morpholine rings is 1.